The molecule has 4 heteroatoms. The Morgan fingerprint density at radius 1 is 1.04 bits per heavy atom. The van der Waals surface area contributed by atoms with Crippen molar-refractivity contribution in [2.75, 3.05) is 32.7 Å². The van der Waals surface area contributed by atoms with E-state index in [1.165, 1.54) is 19.4 Å². The maximum absolute atomic E-state index is 10.0. The summed E-state index contributed by atoms with van der Waals surface area (Å²) in [6.07, 6.45) is 7.72. The highest BCUT2D eigenvalue weighted by Crippen LogP contribution is 2.43. The van der Waals surface area contributed by atoms with E-state index in [4.69, 9.17) is 0 Å². The number of nitrogens with zero attached hydrogens (tertiary/aromatic N) is 2. The van der Waals surface area contributed by atoms with Crippen LogP contribution in [0.4, 0.5) is 0 Å². The lowest BCUT2D eigenvalue weighted by Gasteiger charge is -2.37. The molecule has 1 heterocycles. The Bertz CT molecular complexity index is 595. The summed E-state index contributed by atoms with van der Waals surface area (Å²) in [5.41, 5.74) is 1.02. The van der Waals surface area contributed by atoms with E-state index in [0.717, 1.165) is 60.5 Å². The van der Waals surface area contributed by atoms with Crippen molar-refractivity contribution in [2.45, 2.75) is 19.4 Å². The summed E-state index contributed by atoms with van der Waals surface area (Å²) in [6, 6.07) is 5.70. The molecule has 0 aromatic heterocycles. The van der Waals surface area contributed by atoms with Crippen molar-refractivity contribution < 1.29 is 5.11 Å². The molecule has 4 rings (SSSR count). The van der Waals surface area contributed by atoms with Gasteiger partial charge in [0.05, 0.1) is 0 Å². The fourth-order valence-electron chi connectivity index (χ4n) is 4.49. The maximum Gasteiger partial charge on any atom is 0.120 e. The van der Waals surface area contributed by atoms with Crippen LogP contribution < -0.4 is 0 Å². The molecule has 3 aliphatic rings. The molecule has 1 aromatic rings. The molecular weight excluding hydrogens is 352 g/mol. The summed E-state index contributed by atoms with van der Waals surface area (Å²) >= 11 is 3.49. The number of hydrogen-bond acceptors (Lipinski definition) is 3. The van der Waals surface area contributed by atoms with E-state index in [0.29, 0.717) is 5.75 Å². The molecule has 0 spiro atoms. The van der Waals surface area contributed by atoms with E-state index in [-0.39, 0.29) is 0 Å². The molecule has 1 aliphatic heterocycles. The van der Waals surface area contributed by atoms with Gasteiger partial charge in [0.2, 0.25) is 0 Å². The van der Waals surface area contributed by atoms with Gasteiger partial charge in [-0.25, -0.2) is 0 Å². The predicted molar refractivity (Wildman–Crippen MR) is 96.4 cm³/mol. The van der Waals surface area contributed by atoms with Crippen LogP contribution in [-0.4, -0.2) is 47.6 Å². The molecular formula is C19H25BrN2O. The minimum Gasteiger partial charge on any atom is -0.508 e. The molecule has 23 heavy (non-hydrogen) atoms. The molecule has 2 fully saturated rings. The Balaban J connectivity index is 1.27. The van der Waals surface area contributed by atoms with Gasteiger partial charge in [-0.2, -0.15) is 0 Å². The molecule has 1 saturated carbocycles. The van der Waals surface area contributed by atoms with Gasteiger partial charge in [0, 0.05) is 49.3 Å². The van der Waals surface area contributed by atoms with Gasteiger partial charge in [-0.1, -0.05) is 28.1 Å². The quantitative estimate of drug-likeness (QED) is 0.814. The molecule has 1 saturated heterocycles. The van der Waals surface area contributed by atoms with E-state index in [1.807, 2.05) is 12.1 Å². The van der Waals surface area contributed by atoms with Gasteiger partial charge >= 0.3 is 0 Å². The van der Waals surface area contributed by atoms with Crippen molar-refractivity contribution in [2.24, 2.45) is 17.8 Å². The number of phenols is 1. The van der Waals surface area contributed by atoms with Crippen molar-refractivity contribution in [3.63, 3.8) is 0 Å². The lowest BCUT2D eigenvalue weighted by atomic mass is 9.93. The highest BCUT2D eigenvalue weighted by atomic mass is 79.9. The minimum absolute atomic E-state index is 0.407. The van der Waals surface area contributed by atoms with Gasteiger partial charge in [-0.3, -0.25) is 4.90 Å². The van der Waals surface area contributed by atoms with Crippen LogP contribution in [0.2, 0.25) is 0 Å². The second kappa shape index (κ2) is 6.58. The van der Waals surface area contributed by atoms with Crippen LogP contribution in [0.25, 0.3) is 0 Å². The number of fused-ring (bicyclic) bond motifs is 2. The van der Waals surface area contributed by atoms with Gasteiger partial charge in [-0.05, 0) is 48.8 Å². The van der Waals surface area contributed by atoms with Crippen molar-refractivity contribution in [3.05, 3.63) is 40.4 Å². The van der Waals surface area contributed by atoms with Gasteiger partial charge in [0.15, 0.2) is 0 Å². The number of halogens is 1. The van der Waals surface area contributed by atoms with Gasteiger partial charge in [0.25, 0.3) is 0 Å². The molecule has 0 radical (unpaired) electrons. The average molecular weight is 377 g/mol. The molecule has 3 unspecified atom stereocenters. The predicted octanol–water partition coefficient (Wildman–Crippen LogP) is 3.48. The van der Waals surface area contributed by atoms with E-state index >= 15 is 0 Å². The summed E-state index contributed by atoms with van der Waals surface area (Å²) in [6.45, 7) is 6.64. The van der Waals surface area contributed by atoms with Gasteiger partial charge < -0.3 is 10.0 Å². The first-order valence-electron chi connectivity index (χ1n) is 8.78. The highest BCUT2D eigenvalue weighted by Gasteiger charge is 2.36. The van der Waals surface area contributed by atoms with Crippen molar-refractivity contribution >= 4 is 15.9 Å². The van der Waals surface area contributed by atoms with Crippen LogP contribution in [0.3, 0.4) is 0 Å². The topological polar surface area (TPSA) is 26.7 Å². The molecule has 2 bridgehead atoms. The van der Waals surface area contributed by atoms with Crippen LogP contribution in [0, 0.1) is 17.8 Å². The van der Waals surface area contributed by atoms with Gasteiger partial charge in [-0.15, -0.1) is 0 Å². The summed E-state index contributed by atoms with van der Waals surface area (Å²) in [5.74, 6) is 3.04. The Hall–Kier alpha value is -0.840. The molecule has 3 atom stereocenters. The standard InChI is InChI=1S/C19H25BrN2O/c20-18-3-4-19(23)17(11-18)13-22-7-5-21(6-8-22)12-16-10-14-1-2-15(16)9-14/h1-4,11,14-16,23H,5-10,12-13H2. The summed E-state index contributed by atoms with van der Waals surface area (Å²) in [5, 5.41) is 10.0. The fraction of sp³-hybridized carbons (Fsp3) is 0.579. The molecule has 2 aliphatic carbocycles. The molecule has 1 N–H and O–H groups in total. The molecule has 124 valence electrons. The lowest BCUT2D eigenvalue weighted by Crippen LogP contribution is -2.47. The summed E-state index contributed by atoms with van der Waals surface area (Å²) in [4.78, 5) is 5.11. The first-order valence-corrected chi connectivity index (χ1v) is 9.57. The average Bonchev–Trinajstić information content (AvgIpc) is 3.16. The molecule has 0 amide bonds. The van der Waals surface area contributed by atoms with Crippen LogP contribution in [0.5, 0.6) is 5.75 Å². The van der Waals surface area contributed by atoms with E-state index in [9.17, 15) is 5.11 Å². The van der Waals surface area contributed by atoms with E-state index in [1.54, 1.807) is 6.07 Å². The van der Waals surface area contributed by atoms with E-state index < -0.39 is 0 Å². The monoisotopic (exact) mass is 376 g/mol. The van der Waals surface area contributed by atoms with Crippen molar-refractivity contribution in [1.82, 2.24) is 9.80 Å². The number of allylic oxidation sites excluding steroid dienone is 2. The van der Waals surface area contributed by atoms with E-state index in [2.05, 4.69) is 37.9 Å². The number of benzene rings is 1. The first-order chi connectivity index (χ1) is 11.2. The third-order valence-electron chi connectivity index (χ3n) is 5.81. The Kier molecular flexibility index (Phi) is 4.48. The van der Waals surface area contributed by atoms with Crippen LogP contribution in [-0.2, 0) is 6.54 Å². The zero-order valence-electron chi connectivity index (χ0n) is 13.5. The summed E-state index contributed by atoms with van der Waals surface area (Å²) < 4.78 is 1.04. The second-order valence-electron chi connectivity index (χ2n) is 7.39. The largest absolute Gasteiger partial charge is 0.508 e. The maximum atomic E-state index is 10.0. The number of aromatic hydroxyl groups is 1. The zero-order valence-corrected chi connectivity index (χ0v) is 15.1. The normalized spacial score (nSPS) is 31.1. The van der Waals surface area contributed by atoms with Crippen LogP contribution >= 0.6 is 15.9 Å². The first kappa shape index (κ1) is 15.7. The number of piperazine rings is 1. The van der Waals surface area contributed by atoms with Crippen molar-refractivity contribution in [3.8, 4) is 5.75 Å². The summed E-state index contributed by atoms with van der Waals surface area (Å²) in [7, 11) is 0. The molecule has 3 nitrogen and oxygen atoms in total. The molecule has 1 aromatic carbocycles. The lowest BCUT2D eigenvalue weighted by molar-refractivity contribution is 0.108. The Labute approximate surface area is 147 Å². The van der Waals surface area contributed by atoms with Crippen LogP contribution in [0.15, 0.2) is 34.8 Å². The SMILES string of the molecule is Oc1ccc(Br)cc1CN1CCN(CC2CC3C=CC2C3)CC1. The number of hydrogen-bond donors (Lipinski definition) is 1. The number of phenolic OH excluding ortho intramolecular Hbond substituents is 1. The number of rotatable bonds is 4. The van der Waals surface area contributed by atoms with Crippen molar-refractivity contribution in [1.29, 1.82) is 0 Å². The third-order valence-corrected chi connectivity index (χ3v) is 6.30. The highest BCUT2D eigenvalue weighted by molar-refractivity contribution is 9.10. The zero-order chi connectivity index (χ0) is 15.8. The Morgan fingerprint density at radius 2 is 1.83 bits per heavy atom. The third kappa shape index (κ3) is 3.49. The second-order valence-corrected chi connectivity index (χ2v) is 8.31. The smallest absolute Gasteiger partial charge is 0.120 e. The Morgan fingerprint density at radius 3 is 2.52 bits per heavy atom. The van der Waals surface area contributed by atoms with Crippen LogP contribution in [0.1, 0.15) is 18.4 Å². The fourth-order valence-corrected chi connectivity index (χ4v) is 4.90. The minimum atomic E-state index is 0.407. The van der Waals surface area contributed by atoms with Gasteiger partial charge in [0.1, 0.15) is 5.75 Å².